The summed E-state index contributed by atoms with van der Waals surface area (Å²) in [5.41, 5.74) is 1.11. The second-order valence-electron chi connectivity index (χ2n) is 10.0. The maximum atomic E-state index is 12.3. The largest absolute Gasteiger partial charge is 0.493 e. The number of imidazole rings is 1. The Kier molecular flexibility index (Phi) is 5.54. The summed E-state index contributed by atoms with van der Waals surface area (Å²) in [4.78, 5) is 38.3. The van der Waals surface area contributed by atoms with Gasteiger partial charge in [0.2, 0.25) is 11.8 Å². The van der Waals surface area contributed by atoms with E-state index < -0.39 is 5.69 Å². The van der Waals surface area contributed by atoms with E-state index in [0.717, 1.165) is 62.7 Å². The standard InChI is InChI=1S/C24H30N8O3/c33-22(13-2-1-3-13)28-17-8-4-15(5-9-17)26-19-11-20(27-16-6-7-16)32-21(30-19)14(12-25-32)10-18-23(34)31-24(35)29-18/h10-13,15-17,26,34H,1-9H2,(H,28,33)(H2,29,31,35). The summed E-state index contributed by atoms with van der Waals surface area (Å²) in [6.45, 7) is 0. The smallest absolute Gasteiger partial charge is 0.326 e. The van der Waals surface area contributed by atoms with Gasteiger partial charge < -0.3 is 20.7 Å². The Morgan fingerprint density at radius 3 is 2.54 bits per heavy atom. The molecule has 11 heteroatoms. The number of aromatic amines is 2. The fraction of sp³-hybridized carbons (Fsp3) is 0.542. The fourth-order valence-corrected chi connectivity index (χ4v) is 4.85. The fourth-order valence-electron chi connectivity index (χ4n) is 4.85. The number of hydrogen-bond donors (Lipinski definition) is 5. The first kappa shape index (κ1) is 21.9. The second-order valence-corrected chi connectivity index (χ2v) is 10.0. The van der Waals surface area contributed by atoms with Gasteiger partial charge in [0.15, 0.2) is 11.1 Å². The highest BCUT2D eigenvalue weighted by molar-refractivity contribution is 5.79. The molecule has 184 valence electrons. The summed E-state index contributed by atoms with van der Waals surface area (Å²) in [6, 6.07) is 2.76. The number of rotatable bonds is 6. The van der Waals surface area contributed by atoms with Crippen molar-refractivity contribution in [3.05, 3.63) is 39.1 Å². The molecule has 0 radical (unpaired) electrons. The van der Waals surface area contributed by atoms with E-state index in [2.05, 4.69) is 25.7 Å². The molecule has 35 heavy (non-hydrogen) atoms. The van der Waals surface area contributed by atoms with Crippen LogP contribution in [0, 0.1) is 5.92 Å². The van der Waals surface area contributed by atoms with Gasteiger partial charge in [0.25, 0.3) is 0 Å². The molecule has 1 amide bonds. The van der Waals surface area contributed by atoms with Crippen molar-refractivity contribution in [2.75, 3.05) is 5.32 Å². The molecule has 3 aromatic heterocycles. The van der Waals surface area contributed by atoms with Crippen molar-refractivity contribution in [1.82, 2.24) is 29.9 Å². The van der Waals surface area contributed by atoms with Crippen LogP contribution < -0.4 is 27.0 Å². The molecule has 3 saturated carbocycles. The minimum Gasteiger partial charge on any atom is -0.493 e. The molecule has 3 aliphatic carbocycles. The van der Waals surface area contributed by atoms with Gasteiger partial charge in [-0.05, 0) is 57.4 Å². The molecule has 0 aliphatic heterocycles. The van der Waals surface area contributed by atoms with Gasteiger partial charge >= 0.3 is 5.69 Å². The Labute approximate surface area is 200 Å². The Morgan fingerprint density at radius 1 is 1.11 bits per heavy atom. The quantitative estimate of drug-likeness (QED) is 0.352. The number of H-pyrrole nitrogens is 2. The lowest BCUT2D eigenvalue weighted by atomic mass is 9.84. The number of aromatic hydroxyl groups is 1. The zero-order chi connectivity index (χ0) is 23.9. The minimum absolute atomic E-state index is 0.225. The lowest BCUT2D eigenvalue weighted by Crippen LogP contribution is -2.44. The normalized spacial score (nSPS) is 24.0. The summed E-state index contributed by atoms with van der Waals surface area (Å²) in [5, 5.41) is 21.9. The summed E-state index contributed by atoms with van der Waals surface area (Å²) >= 11 is 0. The third-order valence-electron chi connectivity index (χ3n) is 7.28. The van der Waals surface area contributed by atoms with E-state index in [9.17, 15) is 14.7 Å². The maximum absolute atomic E-state index is 12.3. The molecule has 0 bridgehead atoms. The number of nitrogens with one attached hydrogen (secondary N) is 4. The third-order valence-corrected chi connectivity index (χ3v) is 7.28. The van der Waals surface area contributed by atoms with Crippen LogP contribution in [0.25, 0.3) is 11.7 Å². The van der Waals surface area contributed by atoms with Crippen LogP contribution in [0.4, 0.5) is 5.82 Å². The zero-order valence-corrected chi connectivity index (χ0v) is 19.5. The van der Waals surface area contributed by atoms with Gasteiger partial charge in [0, 0.05) is 29.3 Å². The molecule has 0 atom stereocenters. The SMILES string of the molecule is O=C(NC1CCC(Nc2cc(=NC3CC3)n3ncc(=Cc4[nH]c(=O)[nH]c4O)c3n2)CC1)C1CCC1. The van der Waals surface area contributed by atoms with Crippen LogP contribution in [0.2, 0.25) is 0 Å². The van der Waals surface area contributed by atoms with E-state index in [-0.39, 0.29) is 35.5 Å². The topological polar surface area (TPSA) is 153 Å². The zero-order valence-electron chi connectivity index (χ0n) is 19.5. The van der Waals surface area contributed by atoms with Gasteiger partial charge in [0.1, 0.15) is 11.5 Å². The number of anilines is 1. The lowest BCUT2D eigenvalue weighted by molar-refractivity contribution is -0.128. The average Bonchev–Trinajstić information content (AvgIpc) is 3.42. The molecule has 0 spiro atoms. The van der Waals surface area contributed by atoms with E-state index in [4.69, 9.17) is 9.98 Å². The van der Waals surface area contributed by atoms with E-state index >= 15 is 0 Å². The van der Waals surface area contributed by atoms with Crippen LogP contribution in [0.5, 0.6) is 5.88 Å². The van der Waals surface area contributed by atoms with E-state index in [0.29, 0.717) is 16.9 Å². The van der Waals surface area contributed by atoms with Crippen molar-refractivity contribution in [2.24, 2.45) is 10.9 Å². The predicted molar refractivity (Wildman–Crippen MR) is 129 cm³/mol. The number of fused-ring (bicyclic) bond motifs is 1. The molecule has 0 saturated heterocycles. The first-order valence-electron chi connectivity index (χ1n) is 12.5. The highest BCUT2D eigenvalue weighted by Gasteiger charge is 2.29. The summed E-state index contributed by atoms with van der Waals surface area (Å²) in [7, 11) is 0. The van der Waals surface area contributed by atoms with E-state index in [1.165, 1.54) is 6.42 Å². The first-order chi connectivity index (χ1) is 17.0. The molecule has 3 aromatic rings. The minimum atomic E-state index is -0.482. The molecule has 6 rings (SSSR count). The Morgan fingerprint density at radius 2 is 1.89 bits per heavy atom. The van der Waals surface area contributed by atoms with Gasteiger partial charge in [0.05, 0.1) is 12.2 Å². The highest BCUT2D eigenvalue weighted by atomic mass is 16.3. The van der Waals surface area contributed by atoms with E-state index in [1.54, 1.807) is 16.8 Å². The molecule has 5 N–H and O–H groups in total. The summed E-state index contributed by atoms with van der Waals surface area (Å²) in [5.74, 6) is 0.946. The van der Waals surface area contributed by atoms with Crippen LogP contribution in [-0.2, 0) is 4.79 Å². The van der Waals surface area contributed by atoms with Crippen molar-refractivity contribution >= 4 is 23.4 Å². The molecule has 11 nitrogen and oxygen atoms in total. The number of aromatic nitrogens is 5. The average molecular weight is 479 g/mol. The summed E-state index contributed by atoms with van der Waals surface area (Å²) < 4.78 is 1.70. The Balaban J connectivity index is 1.23. The van der Waals surface area contributed by atoms with Crippen LogP contribution in [0.3, 0.4) is 0 Å². The van der Waals surface area contributed by atoms with Gasteiger partial charge in [-0.15, -0.1) is 0 Å². The van der Waals surface area contributed by atoms with Crippen molar-refractivity contribution in [1.29, 1.82) is 0 Å². The molecule has 0 unspecified atom stereocenters. The molecule has 0 aromatic carbocycles. The number of nitrogens with zero attached hydrogens (tertiary/aromatic N) is 4. The summed E-state index contributed by atoms with van der Waals surface area (Å²) in [6.07, 6.45) is 12.5. The Bertz CT molecular complexity index is 1420. The van der Waals surface area contributed by atoms with Crippen LogP contribution in [-0.4, -0.2) is 53.7 Å². The van der Waals surface area contributed by atoms with Crippen molar-refractivity contribution in [3.8, 4) is 5.88 Å². The monoisotopic (exact) mass is 478 g/mol. The molecular formula is C24H30N8O3. The Hall–Kier alpha value is -3.63. The van der Waals surface area contributed by atoms with Crippen LogP contribution in [0.15, 0.2) is 22.1 Å². The maximum Gasteiger partial charge on any atom is 0.326 e. The van der Waals surface area contributed by atoms with Gasteiger partial charge in [-0.3, -0.25) is 14.8 Å². The molecule has 3 fully saturated rings. The van der Waals surface area contributed by atoms with Crippen molar-refractivity contribution in [3.63, 3.8) is 0 Å². The molecule has 3 heterocycles. The third kappa shape index (κ3) is 4.67. The van der Waals surface area contributed by atoms with Crippen molar-refractivity contribution in [2.45, 2.75) is 75.9 Å². The molecular weight excluding hydrogens is 448 g/mol. The second kappa shape index (κ2) is 8.86. The van der Waals surface area contributed by atoms with Crippen LogP contribution in [0.1, 0.15) is 63.5 Å². The predicted octanol–water partition coefficient (Wildman–Crippen LogP) is 0.702. The number of amides is 1. The van der Waals surface area contributed by atoms with Crippen LogP contribution >= 0.6 is 0 Å². The van der Waals surface area contributed by atoms with Gasteiger partial charge in [-0.25, -0.2) is 9.78 Å². The van der Waals surface area contributed by atoms with Crippen molar-refractivity contribution < 1.29 is 9.90 Å². The van der Waals surface area contributed by atoms with E-state index in [1.807, 2.05) is 6.07 Å². The first-order valence-corrected chi connectivity index (χ1v) is 12.5. The number of carbonyl (C=O) groups excluding carboxylic acids is 1. The number of carbonyl (C=O) groups is 1. The highest BCUT2D eigenvalue weighted by Crippen LogP contribution is 2.28. The lowest BCUT2D eigenvalue weighted by Gasteiger charge is -2.32. The van der Waals surface area contributed by atoms with Gasteiger partial charge in [-0.1, -0.05) is 6.42 Å². The molecule has 3 aliphatic rings. The number of hydrogen-bond acceptors (Lipinski definition) is 7. The van der Waals surface area contributed by atoms with Gasteiger partial charge in [-0.2, -0.15) is 9.61 Å².